The van der Waals surface area contributed by atoms with Crippen LogP contribution in [-0.2, 0) is 11.3 Å². The van der Waals surface area contributed by atoms with E-state index in [1.807, 2.05) is 77.3 Å². The van der Waals surface area contributed by atoms with Crippen LogP contribution >= 0.6 is 11.3 Å². The number of allylic oxidation sites excluding steroid dienone is 2. The summed E-state index contributed by atoms with van der Waals surface area (Å²) in [6.07, 6.45) is 5.38. The number of thiophene rings is 1. The zero-order valence-corrected chi connectivity index (χ0v) is 14.9. The molecule has 0 radical (unpaired) electrons. The lowest BCUT2D eigenvalue weighted by molar-refractivity contribution is 0.156. The van der Waals surface area contributed by atoms with Crippen molar-refractivity contribution in [1.82, 2.24) is 5.32 Å². The predicted octanol–water partition coefficient (Wildman–Crippen LogP) is 5.55. The first-order valence-corrected chi connectivity index (χ1v) is 8.35. The number of amides is 1. The van der Waals surface area contributed by atoms with Crippen LogP contribution in [0.15, 0.2) is 41.3 Å². The van der Waals surface area contributed by atoms with Gasteiger partial charge in [0.05, 0.1) is 6.54 Å². The fraction of sp³-hybridized carbons (Fsp3) is 0.471. The molecule has 0 aliphatic carbocycles. The zero-order valence-electron chi connectivity index (χ0n) is 14.1. The smallest absolute Gasteiger partial charge is 0.407 e. The molecule has 1 rings (SSSR count). The van der Waals surface area contributed by atoms with Crippen LogP contribution in [0.2, 0.25) is 0 Å². The summed E-state index contributed by atoms with van der Waals surface area (Å²) in [4.78, 5) is 12.5. The molecule has 1 heterocycles. The van der Waals surface area contributed by atoms with Crippen molar-refractivity contribution in [3.8, 4) is 0 Å². The van der Waals surface area contributed by atoms with Gasteiger partial charge < -0.3 is 10.1 Å². The fourth-order valence-electron chi connectivity index (χ4n) is 1.21. The molecule has 21 heavy (non-hydrogen) atoms. The Morgan fingerprint density at radius 3 is 2.43 bits per heavy atom. The highest BCUT2D eigenvalue weighted by atomic mass is 32.1. The molecule has 0 atom stereocenters. The number of carbonyl (C=O) groups is 1. The highest BCUT2D eigenvalue weighted by Crippen LogP contribution is 2.07. The van der Waals surface area contributed by atoms with E-state index < -0.39 is 0 Å². The second kappa shape index (κ2) is 16.5. The molecular weight excluding hydrogens is 282 g/mol. The summed E-state index contributed by atoms with van der Waals surface area (Å²) >= 11 is 1.61. The van der Waals surface area contributed by atoms with E-state index in [1.54, 1.807) is 11.3 Å². The van der Waals surface area contributed by atoms with Crippen molar-refractivity contribution < 1.29 is 9.53 Å². The van der Waals surface area contributed by atoms with Crippen LogP contribution < -0.4 is 5.32 Å². The van der Waals surface area contributed by atoms with Crippen LogP contribution in [0.3, 0.4) is 0 Å². The summed E-state index contributed by atoms with van der Waals surface area (Å²) in [6.45, 7) is 12.7. The zero-order chi connectivity index (χ0) is 16.5. The number of nitrogens with one attached hydrogen (secondary N) is 1. The third-order valence-electron chi connectivity index (χ3n) is 2.11. The van der Waals surface area contributed by atoms with Gasteiger partial charge in [-0.25, -0.2) is 4.79 Å². The Hall–Kier alpha value is -1.55. The van der Waals surface area contributed by atoms with E-state index in [9.17, 15) is 4.79 Å². The molecular formula is C17H29NO2S. The SMILES string of the molecule is C/C=C\C(=C/C)COC(=O)NCc1cccs1.CC.CC. The molecule has 0 bridgehead atoms. The van der Waals surface area contributed by atoms with Gasteiger partial charge in [0.25, 0.3) is 0 Å². The van der Waals surface area contributed by atoms with Gasteiger partial charge >= 0.3 is 6.09 Å². The van der Waals surface area contributed by atoms with Gasteiger partial charge in [-0.3, -0.25) is 0 Å². The monoisotopic (exact) mass is 311 g/mol. The van der Waals surface area contributed by atoms with E-state index in [1.165, 1.54) is 0 Å². The minimum Gasteiger partial charge on any atom is -0.445 e. The Labute approximate surface area is 133 Å². The van der Waals surface area contributed by atoms with Crippen molar-refractivity contribution in [2.45, 2.75) is 48.1 Å². The molecule has 1 aromatic rings. The summed E-state index contributed by atoms with van der Waals surface area (Å²) < 4.78 is 5.08. The molecule has 0 saturated heterocycles. The van der Waals surface area contributed by atoms with Gasteiger partial charge in [0.2, 0.25) is 0 Å². The molecule has 0 unspecified atom stereocenters. The maximum Gasteiger partial charge on any atom is 0.407 e. The van der Waals surface area contributed by atoms with Gasteiger partial charge in [0.1, 0.15) is 6.61 Å². The molecule has 0 aromatic carbocycles. The standard InChI is InChI=1S/C13H17NO2S.2C2H6/c1-3-6-11(4-2)10-16-13(15)14-9-12-7-5-8-17-12;2*1-2/h3-8H,9-10H2,1-2H3,(H,14,15);2*1-2H3/b6-3-,11-4+;;. The molecule has 1 N–H and O–H groups in total. The summed E-state index contributed by atoms with van der Waals surface area (Å²) in [5.74, 6) is 0. The third-order valence-corrected chi connectivity index (χ3v) is 2.98. The van der Waals surface area contributed by atoms with Crippen molar-refractivity contribution >= 4 is 17.4 Å². The molecule has 1 amide bonds. The quantitative estimate of drug-likeness (QED) is 0.724. The fourth-order valence-corrected chi connectivity index (χ4v) is 1.86. The number of rotatable bonds is 5. The maximum absolute atomic E-state index is 11.4. The van der Waals surface area contributed by atoms with Crippen molar-refractivity contribution in [1.29, 1.82) is 0 Å². The lowest BCUT2D eigenvalue weighted by Crippen LogP contribution is -2.24. The van der Waals surface area contributed by atoms with Gasteiger partial charge in [0.15, 0.2) is 0 Å². The molecule has 0 saturated carbocycles. The average Bonchev–Trinajstić information content (AvgIpc) is 3.06. The highest BCUT2D eigenvalue weighted by molar-refractivity contribution is 7.09. The Morgan fingerprint density at radius 1 is 1.29 bits per heavy atom. The average molecular weight is 311 g/mol. The van der Waals surface area contributed by atoms with E-state index in [-0.39, 0.29) is 6.09 Å². The largest absolute Gasteiger partial charge is 0.445 e. The maximum atomic E-state index is 11.4. The second-order valence-corrected chi connectivity index (χ2v) is 4.40. The molecule has 0 fully saturated rings. The number of alkyl carbamates (subject to hydrolysis) is 1. The minimum absolute atomic E-state index is 0.303. The molecule has 0 aliphatic heterocycles. The van der Waals surface area contributed by atoms with Crippen LogP contribution in [0.5, 0.6) is 0 Å². The summed E-state index contributed by atoms with van der Waals surface area (Å²) in [7, 11) is 0. The Bertz CT molecular complexity index is 395. The van der Waals surface area contributed by atoms with E-state index in [0.717, 1.165) is 10.5 Å². The molecule has 3 nitrogen and oxygen atoms in total. The topological polar surface area (TPSA) is 38.3 Å². The summed E-state index contributed by atoms with van der Waals surface area (Å²) in [5, 5.41) is 4.68. The second-order valence-electron chi connectivity index (χ2n) is 3.37. The lowest BCUT2D eigenvalue weighted by atomic mass is 10.2. The Balaban J connectivity index is 0. The predicted molar refractivity (Wildman–Crippen MR) is 93.8 cm³/mol. The van der Waals surface area contributed by atoms with Crippen LogP contribution in [0.4, 0.5) is 4.79 Å². The van der Waals surface area contributed by atoms with E-state index >= 15 is 0 Å². The number of ether oxygens (including phenoxy) is 1. The Kier molecular flexibility index (Phi) is 17.1. The van der Waals surface area contributed by atoms with E-state index in [0.29, 0.717) is 13.2 Å². The highest BCUT2D eigenvalue weighted by Gasteiger charge is 2.02. The summed E-state index contributed by atoms with van der Waals surface area (Å²) in [5.41, 5.74) is 0.985. The first kappa shape index (κ1) is 21.7. The first-order valence-electron chi connectivity index (χ1n) is 7.47. The van der Waals surface area contributed by atoms with Gasteiger partial charge in [-0.2, -0.15) is 0 Å². The van der Waals surface area contributed by atoms with Crippen LogP contribution in [-0.4, -0.2) is 12.7 Å². The minimum atomic E-state index is -0.387. The Morgan fingerprint density at radius 2 is 1.95 bits per heavy atom. The molecule has 0 aliphatic rings. The van der Waals surface area contributed by atoms with Crippen LogP contribution in [0.25, 0.3) is 0 Å². The molecule has 120 valence electrons. The van der Waals surface area contributed by atoms with E-state index in [2.05, 4.69) is 5.32 Å². The lowest BCUT2D eigenvalue weighted by Gasteiger charge is -2.06. The van der Waals surface area contributed by atoms with Crippen molar-refractivity contribution in [2.24, 2.45) is 0 Å². The van der Waals surface area contributed by atoms with Crippen molar-refractivity contribution in [3.63, 3.8) is 0 Å². The third kappa shape index (κ3) is 11.9. The van der Waals surface area contributed by atoms with Gasteiger partial charge in [-0.15, -0.1) is 11.3 Å². The molecule has 4 heteroatoms. The van der Waals surface area contributed by atoms with Crippen molar-refractivity contribution in [2.75, 3.05) is 6.61 Å². The number of carbonyl (C=O) groups excluding carboxylic acids is 1. The van der Waals surface area contributed by atoms with E-state index in [4.69, 9.17) is 4.74 Å². The van der Waals surface area contributed by atoms with Gasteiger partial charge in [-0.1, -0.05) is 52.0 Å². The first-order chi connectivity index (χ1) is 10.3. The summed E-state index contributed by atoms with van der Waals surface area (Å²) in [6, 6.07) is 3.93. The molecule has 0 spiro atoms. The molecule has 1 aromatic heterocycles. The van der Waals surface area contributed by atoms with Gasteiger partial charge in [0, 0.05) is 4.88 Å². The van der Waals surface area contributed by atoms with Crippen LogP contribution in [0.1, 0.15) is 46.4 Å². The number of hydrogen-bond donors (Lipinski definition) is 1. The number of hydrogen-bond acceptors (Lipinski definition) is 3. The normalized spacial score (nSPS) is 10.1. The van der Waals surface area contributed by atoms with Gasteiger partial charge in [-0.05, 0) is 30.9 Å². The van der Waals surface area contributed by atoms with Crippen LogP contribution in [0, 0.1) is 0 Å². The van der Waals surface area contributed by atoms with Crippen molar-refractivity contribution in [3.05, 3.63) is 46.2 Å².